The number of benzene rings is 1. The molecule has 1 aromatic carbocycles. The second-order valence-electron chi connectivity index (χ2n) is 1.66. The van der Waals surface area contributed by atoms with Crippen LogP contribution in [0.1, 0.15) is 5.56 Å². The zero-order valence-corrected chi connectivity index (χ0v) is 9.50. The van der Waals surface area contributed by atoms with Gasteiger partial charge in [-0.15, -0.1) is 24.8 Å². The fourth-order valence-corrected chi connectivity index (χ4v) is 1.18. The van der Waals surface area contributed by atoms with Crippen LogP contribution in [-0.4, -0.2) is 0 Å². The minimum absolute atomic E-state index is 0. The van der Waals surface area contributed by atoms with Crippen molar-refractivity contribution < 1.29 is 24.7 Å². The molecule has 0 unspecified atom stereocenters. The van der Waals surface area contributed by atoms with Gasteiger partial charge in [-0.3, -0.25) is 0 Å². The standard InChI is InChI=1S/C7H7.2ClH.Zr/c1-7-5-3-2-4-6-7;;;/h2-6H,1H2;2*1H;. The first-order chi connectivity index (χ1) is 3.93. The van der Waals surface area contributed by atoms with Crippen molar-refractivity contribution in [1.82, 2.24) is 0 Å². The molecule has 0 aliphatic rings. The van der Waals surface area contributed by atoms with Crippen molar-refractivity contribution in [1.29, 1.82) is 0 Å². The molecular formula is C7H9Cl2Zr. The summed E-state index contributed by atoms with van der Waals surface area (Å²) in [5.74, 6) is 0. The van der Waals surface area contributed by atoms with Crippen molar-refractivity contribution in [2.75, 3.05) is 0 Å². The van der Waals surface area contributed by atoms with Gasteiger partial charge in [-0.05, 0) is 0 Å². The molecule has 0 radical (unpaired) electrons. The predicted octanol–water partition coefficient (Wildman–Crippen LogP) is 2.58. The third-order valence-corrected chi connectivity index (χ3v) is 2.05. The van der Waals surface area contributed by atoms with E-state index in [1.165, 1.54) is 9.69 Å². The maximum atomic E-state index is 2.16. The van der Waals surface area contributed by atoms with Crippen LogP contribution in [0.3, 0.4) is 0 Å². The Hall–Kier alpha value is 0.683. The Balaban J connectivity index is 0. The summed E-state index contributed by atoms with van der Waals surface area (Å²) >= 11 is 1.59. The third kappa shape index (κ3) is 4.49. The molecule has 0 nitrogen and oxygen atoms in total. The van der Waals surface area contributed by atoms with Gasteiger partial charge < -0.3 is 0 Å². The summed E-state index contributed by atoms with van der Waals surface area (Å²) in [5.41, 5.74) is 1.45. The topological polar surface area (TPSA) is 0 Å². The van der Waals surface area contributed by atoms with E-state index in [9.17, 15) is 0 Å². The van der Waals surface area contributed by atoms with Crippen molar-refractivity contribution in [2.45, 2.75) is 4.13 Å². The zero-order chi connectivity index (χ0) is 5.82. The molecular weight excluding hydrogens is 246 g/mol. The van der Waals surface area contributed by atoms with Gasteiger partial charge in [0, 0.05) is 0 Å². The molecule has 1 rings (SSSR count). The van der Waals surface area contributed by atoms with Crippen molar-refractivity contribution >= 4 is 24.8 Å². The summed E-state index contributed by atoms with van der Waals surface area (Å²) in [6.45, 7) is 0. The van der Waals surface area contributed by atoms with Crippen LogP contribution in [0, 0.1) is 0 Å². The SMILES string of the molecule is Cl.Cl.[Zr][CH2]c1ccccc1. The van der Waals surface area contributed by atoms with Crippen LogP contribution in [0.4, 0.5) is 0 Å². The summed E-state index contributed by atoms with van der Waals surface area (Å²) < 4.78 is 1.23. The van der Waals surface area contributed by atoms with Crippen LogP contribution >= 0.6 is 24.8 Å². The average molecular weight is 255 g/mol. The number of halogens is 2. The Bertz CT molecular complexity index is 153. The molecule has 3 heteroatoms. The molecule has 0 aromatic heterocycles. The number of hydrogen-bond acceptors (Lipinski definition) is 0. The van der Waals surface area contributed by atoms with Crippen LogP contribution < -0.4 is 0 Å². The average Bonchev–Trinajstić information content (AvgIpc) is 1.90. The molecule has 1 aromatic rings. The molecule has 0 atom stereocenters. The molecule has 0 amide bonds. The Morgan fingerprint density at radius 3 is 1.80 bits per heavy atom. The monoisotopic (exact) mass is 253 g/mol. The van der Waals surface area contributed by atoms with Crippen molar-refractivity contribution in [3.63, 3.8) is 0 Å². The van der Waals surface area contributed by atoms with Gasteiger partial charge in [-0.1, -0.05) is 0 Å². The third-order valence-electron chi connectivity index (χ3n) is 1.05. The van der Waals surface area contributed by atoms with E-state index >= 15 is 0 Å². The fourth-order valence-electron chi connectivity index (χ4n) is 0.596. The van der Waals surface area contributed by atoms with Crippen LogP contribution in [0.2, 0.25) is 0 Å². The Kier molecular flexibility index (Phi) is 10.3. The van der Waals surface area contributed by atoms with Crippen molar-refractivity contribution in [3.05, 3.63) is 35.9 Å². The first kappa shape index (κ1) is 13.3. The molecule has 0 N–H and O–H groups in total. The van der Waals surface area contributed by atoms with Gasteiger partial charge in [-0.2, -0.15) is 0 Å². The molecule has 0 aliphatic heterocycles. The van der Waals surface area contributed by atoms with Crippen molar-refractivity contribution in [3.8, 4) is 0 Å². The van der Waals surface area contributed by atoms with Crippen LogP contribution in [0.15, 0.2) is 30.3 Å². The molecule has 0 fully saturated rings. The Morgan fingerprint density at radius 1 is 1.00 bits per heavy atom. The van der Waals surface area contributed by atoms with E-state index in [-0.39, 0.29) is 24.8 Å². The number of rotatable bonds is 1. The van der Waals surface area contributed by atoms with E-state index in [2.05, 4.69) is 30.3 Å². The summed E-state index contributed by atoms with van der Waals surface area (Å²) in [7, 11) is 0. The predicted molar refractivity (Wildman–Crippen MR) is 44.6 cm³/mol. The number of hydrogen-bond donors (Lipinski definition) is 0. The summed E-state index contributed by atoms with van der Waals surface area (Å²) in [6.07, 6.45) is 0. The van der Waals surface area contributed by atoms with E-state index in [0.29, 0.717) is 0 Å². The van der Waals surface area contributed by atoms with Gasteiger partial charge in [0.15, 0.2) is 0 Å². The minimum atomic E-state index is 0. The van der Waals surface area contributed by atoms with Gasteiger partial charge in [0.25, 0.3) is 0 Å². The summed E-state index contributed by atoms with van der Waals surface area (Å²) in [5, 5.41) is 0. The maximum absolute atomic E-state index is 2.16. The normalized spacial score (nSPS) is 7.10. The van der Waals surface area contributed by atoms with E-state index in [0.717, 1.165) is 0 Å². The van der Waals surface area contributed by atoms with Crippen LogP contribution in [-0.2, 0) is 28.8 Å². The molecule has 0 spiro atoms. The second kappa shape index (κ2) is 7.79. The Morgan fingerprint density at radius 2 is 1.50 bits per heavy atom. The first-order valence-corrected chi connectivity index (χ1v) is 4.36. The molecule has 0 saturated carbocycles. The van der Waals surface area contributed by atoms with E-state index in [4.69, 9.17) is 0 Å². The van der Waals surface area contributed by atoms with Crippen LogP contribution in [0.25, 0.3) is 0 Å². The fraction of sp³-hybridized carbons (Fsp3) is 0.143. The first-order valence-electron chi connectivity index (χ1n) is 2.62. The van der Waals surface area contributed by atoms with E-state index in [1.54, 1.807) is 24.7 Å². The van der Waals surface area contributed by atoms with Gasteiger partial charge in [-0.25, -0.2) is 0 Å². The molecule has 55 valence electrons. The summed E-state index contributed by atoms with van der Waals surface area (Å²) in [4.78, 5) is 0. The van der Waals surface area contributed by atoms with Crippen molar-refractivity contribution in [2.24, 2.45) is 0 Å². The zero-order valence-electron chi connectivity index (χ0n) is 5.41. The van der Waals surface area contributed by atoms with Gasteiger partial charge in [0.2, 0.25) is 0 Å². The second-order valence-corrected chi connectivity index (χ2v) is 2.53. The molecule has 10 heavy (non-hydrogen) atoms. The summed E-state index contributed by atoms with van der Waals surface area (Å²) in [6, 6.07) is 10.5. The van der Waals surface area contributed by atoms with Gasteiger partial charge >= 0.3 is 64.7 Å². The molecule has 0 bridgehead atoms. The molecule has 0 saturated heterocycles. The quantitative estimate of drug-likeness (QED) is 0.723. The molecule has 0 aliphatic carbocycles. The van der Waals surface area contributed by atoms with Gasteiger partial charge in [0.05, 0.1) is 0 Å². The van der Waals surface area contributed by atoms with Crippen LogP contribution in [0.5, 0.6) is 0 Å². The van der Waals surface area contributed by atoms with E-state index in [1.807, 2.05) is 0 Å². The Labute approximate surface area is 89.1 Å². The van der Waals surface area contributed by atoms with E-state index < -0.39 is 0 Å². The van der Waals surface area contributed by atoms with Gasteiger partial charge in [0.1, 0.15) is 0 Å². The molecule has 0 heterocycles.